The van der Waals surface area contributed by atoms with E-state index in [9.17, 15) is 9.90 Å². The smallest absolute Gasteiger partial charge is 0.165 e. The van der Waals surface area contributed by atoms with Gasteiger partial charge in [-0.05, 0) is 12.1 Å². The molecule has 1 atom stereocenters. The Hall–Kier alpha value is -1.68. The fraction of sp³-hybridized carbons (Fsp3) is 0.273. The van der Waals surface area contributed by atoms with Gasteiger partial charge >= 0.3 is 0 Å². The molecule has 2 heterocycles. The van der Waals surface area contributed by atoms with Gasteiger partial charge in [0.25, 0.3) is 0 Å². The van der Waals surface area contributed by atoms with E-state index in [1.54, 1.807) is 25.4 Å². The highest BCUT2D eigenvalue weighted by atomic mass is 16.3. The summed E-state index contributed by atoms with van der Waals surface area (Å²) in [6.45, 7) is 1.73. The monoisotopic (exact) mass is 204 g/mol. The highest BCUT2D eigenvalue weighted by Crippen LogP contribution is 2.23. The molecule has 0 radical (unpaired) electrons. The first-order chi connectivity index (χ1) is 7.24. The summed E-state index contributed by atoms with van der Waals surface area (Å²) in [5.74, 6) is -0.181. The molecule has 2 aromatic heterocycles. The van der Waals surface area contributed by atoms with Crippen LogP contribution in [0.15, 0.2) is 24.5 Å². The third-order valence-corrected chi connectivity index (χ3v) is 2.43. The van der Waals surface area contributed by atoms with Crippen molar-refractivity contribution in [1.29, 1.82) is 0 Å². The Morgan fingerprint density at radius 3 is 3.20 bits per heavy atom. The van der Waals surface area contributed by atoms with Gasteiger partial charge in [-0.25, -0.2) is 4.98 Å². The van der Waals surface area contributed by atoms with Gasteiger partial charge in [0.1, 0.15) is 11.8 Å². The van der Waals surface area contributed by atoms with Crippen molar-refractivity contribution in [3.63, 3.8) is 0 Å². The molecule has 0 fully saturated rings. The minimum Gasteiger partial charge on any atom is -0.380 e. The molecule has 2 N–H and O–H groups in total. The summed E-state index contributed by atoms with van der Waals surface area (Å²) in [7, 11) is 0. The molecule has 78 valence electrons. The number of aromatic nitrogens is 2. The second kappa shape index (κ2) is 3.82. The van der Waals surface area contributed by atoms with E-state index < -0.39 is 6.10 Å². The largest absolute Gasteiger partial charge is 0.380 e. The van der Waals surface area contributed by atoms with Gasteiger partial charge in [0.2, 0.25) is 0 Å². The minimum absolute atomic E-state index is 0.181. The van der Waals surface area contributed by atoms with Gasteiger partial charge in [-0.3, -0.25) is 4.79 Å². The van der Waals surface area contributed by atoms with E-state index in [0.29, 0.717) is 17.6 Å². The molecule has 0 aliphatic carbocycles. The number of aliphatic hydroxyl groups excluding tert-OH is 1. The third-order valence-electron chi connectivity index (χ3n) is 2.43. The predicted octanol–water partition coefficient (Wildman–Crippen LogP) is 1.58. The SMILES string of the molecule is CCC(=O)C(O)c1c[nH]c2ncccc12. The highest BCUT2D eigenvalue weighted by Gasteiger charge is 2.18. The van der Waals surface area contributed by atoms with E-state index in [0.717, 1.165) is 5.39 Å². The number of ketones is 1. The standard InChI is InChI=1S/C11H12N2O2/c1-2-9(14)10(15)8-6-13-11-7(8)4-3-5-12-11/h3-6,10,15H,2H2,1H3,(H,12,13). The number of Topliss-reactive ketones (excluding diaryl/α,β-unsaturated/α-hetero) is 1. The molecule has 0 aromatic carbocycles. The van der Waals surface area contributed by atoms with E-state index in [2.05, 4.69) is 9.97 Å². The van der Waals surface area contributed by atoms with Gasteiger partial charge in [0.15, 0.2) is 5.78 Å². The van der Waals surface area contributed by atoms with Gasteiger partial charge in [-0.2, -0.15) is 0 Å². The first-order valence-corrected chi connectivity index (χ1v) is 4.86. The molecule has 15 heavy (non-hydrogen) atoms. The number of rotatable bonds is 3. The molecule has 0 aliphatic heterocycles. The second-order valence-electron chi connectivity index (χ2n) is 3.37. The van der Waals surface area contributed by atoms with E-state index in [-0.39, 0.29) is 5.78 Å². The Balaban J connectivity index is 2.48. The number of fused-ring (bicyclic) bond motifs is 1. The van der Waals surface area contributed by atoms with Crippen molar-refractivity contribution in [3.05, 3.63) is 30.1 Å². The van der Waals surface area contributed by atoms with Crippen LogP contribution in [0.4, 0.5) is 0 Å². The number of hydrogen-bond acceptors (Lipinski definition) is 3. The van der Waals surface area contributed by atoms with Crippen molar-refractivity contribution < 1.29 is 9.90 Å². The number of nitrogens with zero attached hydrogens (tertiary/aromatic N) is 1. The van der Waals surface area contributed by atoms with Gasteiger partial charge in [0, 0.05) is 29.8 Å². The van der Waals surface area contributed by atoms with Gasteiger partial charge in [0.05, 0.1) is 0 Å². The molecule has 0 saturated carbocycles. The molecule has 0 bridgehead atoms. The van der Waals surface area contributed by atoms with Crippen LogP contribution in [0.25, 0.3) is 11.0 Å². The summed E-state index contributed by atoms with van der Waals surface area (Å²) >= 11 is 0. The molecule has 0 aliphatic rings. The number of pyridine rings is 1. The Kier molecular flexibility index (Phi) is 2.51. The Labute approximate surface area is 87.0 Å². The quantitative estimate of drug-likeness (QED) is 0.797. The number of aromatic amines is 1. The number of H-pyrrole nitrogens is 1. The van der Waals surface area contributed by atoms with Crippen LogP contribution in [0.2, 0.25) is 0 Å². The van der Waals surface area contributed by atoms with Crippen molar-refractivity contribution in [1.82, 2.24) is 9.97 Å². The normalized spacial score (nSPS) is 12.9. The zero-order valence-electron chi connectivity index (χ0n) is 8.40. The van der Waals surface area contributed by atoms with Crippen LogP contribution >= 0.6 is 0 Å². The van der Waals surface area contributed by atoms with E-state index in [4.69, 9.17) is 0 Å². The first kappa shape index (κ1) is 9.86. The molecule has 0 amide bonds. The van der Waals surface area contributed by atoms with Crippen molar-refractivity contribution in [2.45, 2.75) is 19.4 Å². The van der Waals surface area contributed by atoms with Crippen LogP contribution in [-0.4, -0.2) is 20.9 Å². The first-order valence-electron chi connectivity index (χ1n) is 4.86. The number of carbonyl (C=O) groups is 1. The maximum Gasteiger partial charge on any atom is 0.165 e. The second-order valence-corrected chi connectivity index (χ2v) is 3.37. The van der Waals surface area contributed by atoms with E-state index in [1.165, 1.54) is 0 Å². The lowest BCUT2D eigenvalue weighted by Gasteiger charge is -2.06. The fourth-order valence-electron chi connectivity index (χ4n) is 1.57. The van der Waals surface area contributed by atoms with Gasteiger partial charge in [-0.1, -0.05) is 6.92 Å². The zero-order chi connectivity index (χ0) is 10.8. The van der Waals surface area contributed by atoms with E-state index >= 15 is 0 Å². The van der Waals surface area contributed by atoms with Crippen LogP contribution in [-0.2, 0) is 4.79 Å². The third kappa shape index (κ3) is 1.64. The van der Waals surface area contributed by atoms with Crippen molar-refractivity contribution in [2.75, 3.05) is 0 Å². The summed E-state index contributed by atoms with van der Waals surface area (Å²) in [5.41, 5.74) is 1.29. The molecule has 0 saturated heterocycles. The van der Waals surface area contributed by atoms with Gasteiger partial charge in [-0.15, -0.1) is 0 Å². The number of hydrogen-bond donors (Lipinski definition) is 2. The molecular formula is C11H12N2O2. The molecule has 2 rings (SSSR count). The van der Waals surface area contributed by atoms with Crippen molar-refractivity contribution >= 4 is 16.8 Å². The molecule has 4 nitrogen and oxygen atoms in total. The number of nitrogens with one attached hydrogen (secondary N) is 1. The fourth-order valence-corrected chi connectivity index (χ4v) is 1.57. The van der Waals surface area contributed by atoms with Crippen LogP contribution < -0.4 is 0 Å². The Morgan fingerprint density at radius 2 is 2.47 bits per heavy atom. The van der Waals surface area contributed by atoms with Crippen molar-refractivity contribution in [2.24, 2.45) is 0 Å². The topological polar surface area (TPSA) is 66.0 Å². The average molecular weight is 204 g/mol. The van der Waals surface area contributed by atoms with Crippen LogP contribution in [0.5, 0.6) is 0 Å². The lowest BCUT2D eigenvalue weighted by Crippen LogP contribution is -2.09. The highest BCUT2D eigenvalue weighted by molar-refractivity contribution is 5.90. The van der Waals surface area contributed by atoms with Gasteiger partial charge < -0.3 is 10.1 Å². The Bertz CT molecular complexity index is 490. The summed E-state index contributed by atoms with van der Waals surface area (Å²) in [5, 5.41) is 10.6. The zero-order valence-corrected chi connectivity index (χ0v) is 8.40. The Morgan fingerprint density at radius 1 is 1.67 bits per heavy atom. The molecular weight excluding hydrogens is 192 g/mol. The summed E-state index contributed by atoms with van der Waals surface area (Å²) in [4.78, 5) is 18.4. The average Bonchev–Trinajstić information content (AvgIpc) is 2.70. The van der Waals surface area contributed by atoms with E-state index in [1.807, 2.05) is 6.07 Å². The molecule has 0 spiro atoms. The summed E-state index contributed by atoms with van der Waals surface area (Å²) in [6.07, 6.45) is 2.58. The maximum atomic E-state index is 11.4. The lowest BCUT2D eigenvalue weighted by molar-refractivity contribution is -0.127. The van der Waals surface area contributed by atoms with Crippen LogP contribution in [0, 0.1) is 0 Å². The number of carbonyl (C=O) groups excluding carboxylic acids is 1. The minimum atomic E-state index is -1.05. The molecule has 4 heteroatoms. The van der Waals surface area contributed by atoms with Crippen LogP contribution in [0.1, 0.15) is 25.0 Å². The predicted molar refractivity (Wildman–Crippen MR) is 56.4 cm³/mol. The van der Waals surface area contributed by atoms with Crippen molar-refractivity contribution in [3.8, 4) is 0 Å². The summed E-state index contributed by atoms with van der Waals surface area (Å²) in [6, 6.07) is 3.61. The maximum absolute atomic E-state index is 11.4. The summed E-state index contributed by atoms with van der Waals surface area (Å²) < 4.78 is 0. The number of aliphatic hydroxyl groups is 1. The molecule has 2 aromatic rings. The lowest BCUT2D eigenvalue weighted by atomic mass is 10.0. The van der Waals surface area contributed by atoms with Crippen LogP contribution in [0.3, 0.4) is 0 Å². The molecule has 1 unspecified atom stereocenters.